The normalized spacial score (nSPS) is 12.0. The molecule has 0 unspecified atom stereocenters. The van der Waals surface area contributed by atoms with Crippen molar-refractivity contribution in [2.75, 3.05) is 5.75 Å². The van der Waals surface area contributed by atoms with Crippen LogP contribution in [0.1, 0.15) is 30.2 Å². The maximum Gasteiger partial charge on any atom is 0.217 e. The molecule has 0 spiro atoms. The number of carbonyl (C=O) groups is 2. The molecule has 0 aromatic heterocycles. The van der Waals surface area contributed by atoms with Crippen molar-refractivity contribution in [3.05, 3.63) is 71.8 Å². The summed E-state index contributed by atoms with van der Waals surface area (Å²) in [6, 6.07) is 20.0. The lowest BCUT2D eigenvalue weighted by Crippen LogP contribution is -2.40. The number of amides is 1. The lowest BCUT2D eigenvalue weighted by Gasteiger charge is -2.21. The molecule has 3 nitrogen and oxygen atoms in total. The van der Waals surface area contributed by atoms with Gasteiger partial charge >= 0.3 is 0 Å². The minimum atomic E-state index is -0.451. The van der Waals surface area contributed by atoms with E-state index >= 15 is 0 Å². The Bertz CT molecular complexity index is 603. The Hall–Kier alpha value is -2.07. The van der Waals surface area contributed by atoms with E-state index in [4.69, 9.17) is 0 Å². The molecule has 2 rings (SSSR count). The summed E-state index contributed by atoms with van der Waals surface area (Å²) in [5.74, 6) is 0.345. The summed E-state index contributed by atoms with van der Waals surface area (Å²) in [6.07, 6.45) is 0. The van der Waals surface area contributed by atoms with Gasteiger partial charge in [-0.15, -0.1) is 11.8 Å². The number of hydrogen-bond acceptors (Lipinski definition) is 3. The Balaban J connectivity index is 2.18. The molecule has 23 heavy (non-hydrogen) atoms. The standard InChI is InChI=1S/C19H21NO2S/c1-14(21)18(20-15(2)22)13-23-19(16-9-5-3-6-10-16)17-11-7-4-8-12-17/h3-12,18-19H,13H2,1-2H3,(H,20,22)/t18-/m1/s1. The van der Waals surface area contributed by atoms with Crippen molar-refractivity contribution in [1.29, 1.82) is 0 Å². The van der Waals surface area contributed by atoms with Gasteiger partial charge in [0.25, 0.3) is 0 Å². The van der Waals surface area contributed by atoms with Crippen LogP contribution in [-0.4, -0.2) is 23.5 Å². The van der Waals surface area contributed by atoms with Gasteiger partial charge in [0.05, 0.1) is 11.3 Å². The number of Topliss-reactive ketones (excluding diaryl/α,β-unsaturated/α-hetero) is 1. The molecular formula is C19H21NO2S. The Morgan fingerprint density at radius 3 is 1.78 bits per heavy atom. The molecule has 1 atom stereocenters. The highest BCUT2D eigenvalue weighted by atomic mass is 32.2. The molecule has 0 heterocycles. The summed E-state index contributed by atoms with van der Waals surface area (Å²) < 4.78 is 0. The van der Waals surface area contributed by atoms with Crippen LogP contribution in [0.15, 0.2) is 60.7 Å². The van der Waals surface area contributed by atoms with Crippen LogP contribution >= 0.6 is 11.8 Å². The lowest BCUT2D eigenvalue weighted by atomic mass is 10.0. The highest BCUT2D eigenvalue weighted by Gasteiger charge is 2.20. The van der Waals surface area contributed by atoms with E-state index in [1.54, 1.807) is 11.8 Å². The van der Waals surface area contributed by atoms with Crippen LogP contribution in [-0.2, 0) is 9.59 Å². The zero-order chi connectivity index (χ0) is 16.7. The molecule has 1 N–H and O–H groups in total. The highest BCUT2D eigenvalue weighted by Crippen LogP contribution is 2.35. The van der Waals surface area contributed by atoms with Crippen LogP contribution in [0.2, 0.25) is 0 Å². The van der Waals surface area contributed by atoms with Gasteiger partial charge in [0, 0.05) is 12.7 Å². The van der Waals surface area contributed by atoms with Crippen molar-refractivity contribution in [2.24, 2.45) is 0 Å². The second-order valence-corrected chi connectivity index (χ2v) is 6.54. The largest absolute Gasteiger partial charge is 0.346 e. The molecule has 0 saturated carbocycles. The highest BCUT2D eigenvalue weighted by molar-refractivity contribution is 7.99. The summed E-state index contributed by atoms with van der Waals surface area (Å²) in [5.41, 5.74) is 2.38. The summed E-state index contributed by atoms with van der Waals surface area (Å²) in [7, 11) is 0. The van der Waals surface area contributed by atoms with E-state index in [2.05, 4.69) is 29.6 Å². The van der Waals surface area contributed by atoms with E-state index in [-0.39, 0.29) is 16.9 Å². The predicted molar refractivity (Wildman–Crippen MR) is 95.5 cm³/mol. The first-order valence-electron chi connectivity index (χ1n) is 7.57. The third-order valence-corrected chi connectivity index (χ3v) is 4.91. The summed E-state index contributed by atoms with van der Waals surface area (Å²) in [6.45, 7) is 2.95. The summed E-state index contributed by atoms with van der Waals surface area (Å²) in [4.78, 5) is 23.0. The summed E-state index contributed by atoms with van der Waals surface area (Å²) in [5, 5.41) is 2.86. The van der Waals surface area contributed by atoms with Gasteiger partial charge in [0.2, 0.25) is 5.91 Å². The van der Waals surface area contributed by atoms with Gasteiger partial charge in [-0.25, -0.2) is 0 Å². The van der Waals surface area contributed by atoms with Crippen LogP contribution in [0.5, 0.6) is 0 Å². The Kier molecular flexibility index (Phi) is 6.41. The van der Waals surface area contributed by atoms with Crippen molar-refractivity contribution in [3.63, 3.8) is 0 Å². The third kappa shape index (κ3) is 5.25. The quantitative estimate of drug-likeness (QED) is 0.845. The minimum Gasteiger partial charge on any atom is -0.346 e. The molecule has 0 saturated heterocycles. The van der Waals surface area contributed by atoms with E-state index in [9.17, 15) is 9.59 Å². The molecule has 0 aliphatic carbocycles. The second kappa shape index (κ2) is 8.53. The Morgan fingerprint density at radius 1 is 0.913 bits per heavy atom. The maximum absolute atomic E-state index is 11.7. The number of rotatable bonds is 7. The van der Waals surface area contributed by atoms with E-state index in [0.717, 1.165) is 0 Å². The molecule has 120 valence electrons. The zero-order valence-electron chi connectivity index (χ0n) is 13.4. The van der Waals surface area contributed by atoms with Crippen molar-refractivity contribution in [3.8, 4) is 0 Å². The van der Waals surface area contributed by atoms with Crippen molar-refractivity contribution in [2.45, 2.75) is 25.1 Å². The van der Waals surface area contributed by atoms with Crippen LogP contribution in [0, 0.1) is 0 Å². The van der Waals surface area contributed by atoms with Crippen molar-refractivity contribution in [1.82, 2.24) is 5.32 Å². The van der Waals surface area contributed by atoms with Crippen molar-refractivity contribution >= 4 is 23.5 Å². The fourth-order valence-corrected chi connectivity index (χ4v) is 3.74. The van der Waals surface area contributed by atoms with Gasteiger partial charge < -0.3 is 5.32 Å². The van der Waals surface area contributed by atoms with E-state index in [1.165, 1.54) is 25.0 Å². The van der Waals surface area contributed by atoms with Crippen LogP contribution in [0.4, 0.5) is 0 Å². The number of carbonyl (C=O) groups excluding carboxylic acids is 2. The molecular weight excluding hydrogens is 306 g/mol. The fourth-order valence-electron chi connectivity index (χ4n) is 2.34. The average Bonchev–Trinajstić information content (AvgIpc) is 2.55. The first kappa shape index (κ1) is 17.3. The van der Waals surface area contributed by atoms with Crippen LogP contribution in [0.3, 0.4) is 0 Å². The number of thioether (sulfide) groups is 1. The van der Waals surface area contributed by atoms with Gasteiger partial charge in [-0.2, -0.15) is 0 Å². The molecule has 2 aromatic carbocycles. The topological polar surface area (TPSA) is 46.2 Å². The average molecular weight is 327 g/mol. The predicted octanol–water partition coefficient (Wildman–Crippen LogP) is 3.60. The molecule has 4 heteroatoms. The lowest BCUT2D eigenvalue weighted by molar-refractivity contribution is -0.125. The molecule has 0 fully saturated rings. The smallest absolute Gasteiger partial charge is 0.217 e. The van der Waals surface area contributed by atoms with E-state index < -0.39 is 6.04 Å². The van der Waals surface area contributed by atoms with Crippen LogP contribution < -0.4 is 5.32 Å². The molecule has 2 aromatic rings. The minimum absolute atomic E-state index is 0.0208. The Morgan fingerprint density at radius 2 is 1.39 bits per heavy atom. The maximum atomic E-state index is 11.7. The summed E-state index contributed by atoms with van der Waals surface area (Å²) >= 11 is 1.67. The fraction of sp³-hybridized carbons (Fsp3) is 0.263. The van der Waals surface area contributed by atoms with E-state index in [1.807, 2.05) is 36.4 Å². The van der Waals surface area contributed by atoms with Gasteiger partial charge in [-0.1, -0.05) is 60.7 Å². The molecule has 0 aliphatic heterocycles. The van der Waals surface area contributed by atoms with Gasteiger partial charge in [0.1, 0.15) is 0 Å². The third-order valence-electron chi connectivity index (χ3n) is 3.50. The van der Waals surface area contributed by atoms with Crippen LogP contribution in [0.25, 0.3) is 0 Å². The van der Waals surface area contributed by atoms with Crippen molar-refractivity contribution < 1.29 is 9.59 Å². The number of hydrogen-bond donors (Lipinski definition) is 1. The van der Waals surface area contributed by atoms with E-state index in [0.29, 0.717) is 5.75 Å². The molecule has 0 bridgehead atoms. The first-order chi connectivity index (χ1) is 11.1. The monoisotopic (exact) mass is 327 g/mol. The number of benzene rings is 2. The zero-order valence-corrected chi connectivity index (χ0v) is 14.2. The molecule has 1 amide bonds. The molecule has 0 radical (unpaired) electrons. The number of nitrogens with one attached hydrogen (secondary N) is 1. The van der Waals surface area contributed by atoms with Gasteiger partial charge in [-0.3, -0.25) is 9.59 Å². The molecule has 0 aliphatic rings. The van der Waals surface area contributed by atoms with Gasteiger partial charge in [0.15, 0.2) is 5.78 Å². The Labute approximate surface area is 141 Å². The number of ketones is 1. The van der Waals surface area contributed by atoms with Gasteiger partial charge in [-0.05, 0) is 18.1 Å². The second-order valence-electron chi connectivity index (χ2n) is 5.40. The first-order valence-corrected chi connectivity index (χ1v) is 8.62. The SMILES string of the molecule is CC(=O)N[C@H](CSC(c1ccccc1)c1ccccc1)C(C)=O.